The van der Waals surface area contributed by atoms with Crippen LogP contribution in [0.4, 0.5) is 0 Å². The van der Waals surface area contributed by atoms with Crippen molar-refractivity contribution in [1.29, 1.82) is 5.26 Å². The largest absolute Gasteiger partial charge is 0.301 e. The molecule has 0 saturated heterocycles. The summed E-state index contributed by atoms with van der Waals surface area (Å²) in [5.41, 5.74) is 0.165. The summed E-state index contributed by atoms with van der Waals surface area (Å²) in [5, 5.41) is 9.07. The third-order valence-electron chi connectivity index (χ3n) is 1.71. The highest BCUT2D eigenvalue weighted by molar-refractivity contribution is 7.99. The van der Waals surface area contributed by atoms with Crippen LogP contribution in [0, 0.1) is 11.3 Å². The van der Waals surface area contributed by atoms with E-state index >= 15 is 0 Å². The Bertz CT molecular complexity index is 585. The van der Waals surface area contributed by atoms with Crippen molar-refractivity contribution >= 4 is 11.8 Å². The van der Waals surface area contributed by atoms with E-state index in [1.807, 2.05) is 6.07 Å². The fourth-order valence-corrected chi connectivity index (χ4v) is 1.75. The number of hydrogen-bond acceptors (Lipinski definition) is 5. The molecule has 2 rings (SSSR count). The fraction of sp³-hybridized carbons (Fsp3) is 0. The maximum absolute atomic E-state index is 11.0. The van der Waals surface area contributed by atoms with Crippen LogP contribution in [0.2, 0.25) is 0 Å². The van der Waals surface area contributed by atoms with Gasteiger partial charge in [0.15, 0.2) is 5.16 Å². The highest BCUT2D eigenvalue weighted by Crippen LogP contribution is 2.22. The number of hydrogen-bond donors (Lipinski definition) is 1. The molecule has 0 aliphatic carbocycles. The van der Waals surface area contributed by atoms with Gasteiger partial charge in [0.1, 0.15) is 11.8 Å². The van der Waals surface area contributed by atoms with Crippen molar-refractivity contribution in [3.8, 4) is 6.07 Å². The highest BCUT2D eigenvalue weighted by Gasteiger charge is 2.00. The van der Waals surface area contributed by atoms with Gasteiger partial charge in [-0.05, 0) is 12.1 Å². The lowest BCUT2D eigenvalue weighted by Crippen LogP contribution is -2.04. The lowest BCUT2D eigenvalue weighted by Gasteiger charge is -1.98. The molecule has 0 amide bonds. The average molecular weight is 230 g/mol. The number of nitrogens with zero attached hydrogens (tertiary/aromatic N) is 3. The Morgan fingerprint density at radius 1 is 1.31 bits per heavy atom. The fourth-order valence-electron chi connectivity index (χ4n) is 1.02. The summed E-state index contributed by atoms with van der Waals surface area (Å²) >= 11 is 1.28. The van der Waals surface area contributed by atoms with Crippen LogP contribution in [-0.2, 0) is 0 Å². The molecule has 0 radical (unpaired) electrons. The second-order valence-electron chi connectivity index (χ2n) is 2.83. The first-order valence-corrected chi connectivity index (χ1v) is 5.19. The minimum atomic E-state index is -0.195. The van der Waals surface area contributed by atoms with E-state index in [9.17, 15) is 4.79 Å². The van der Waals surface area contributed by atoms with Crippen LogP contribution in [0.1, 0.15) is 5.69 Å². The molecule has 0 bridgehead atoms. The quantitative estimate of drug-likeness (QED) is 0.783. The Morgan fingerprint density at radius 3 is 2.81 bits per heavy atom. The van der Waals surface area contributed by atoms with E-state index in [0.29, 0.717) is 10.9 Å². The van der Waals surface area contributed by atoms with E-state index in [-0.39, 0.29) is 5.56 Å². The van der Waals surface area contributed by atoms with Crippen molar-refractivity contribution in [2.75, 3.05) is 0 Å². The zero-order chi connectivity index (χ0) is 11.4. The topological polar surface area (TPSA) is 82.4 Å². The van der Waals surface area contributed by atoms with Gasteiger partial charge in [-0.25, -0.2) is 9.97 Å². The summed E-state index contributed by atoms with van der Waals surface area (Å²) in [4.78, 5) is 22.3. The van der Waals surface area contributed by atoms with Gasteiger partial charge in [0, 0.05) is 23.4 Å². The van der Waals surface area contributed by atoms with Gasteiger partial charge in [0.25, 0.3) is 5.56 Å². The monoisotopic (exact) mass is 230 g/mol. The predicted molar refractivity (Wildman–Crippen MR) is 57.9 cm³/mol. The van der Waals surface area contributed by atoms with E-state index < -0.39 is 0 Å². The zero-order valence-corrected chi connectivity index (χ0v) is 8.86. The second-order valence-corrected chi connectivity index (χ2v) is 3.89. The lowest BCUT2D eigenvalue weighted by atomic mass is 10.4. The number of pyridine rings is 1. The second kappa shape index (κ2) is 4.59. The van der Waals surface area contributed by atoms with Gasteiger partial charge in [-0.2, -0.15) is 5.26 Å². The molecule has 0 spiro atoms. The van der Waals surface area contributed by atoms with Crippen molar-refractivity contribution in [3.05, 3.63) is 46.6 Å². The van der Waals surface area contributed by atoms with Crippen molar-refractivity contribution < 1.29 is 0 Å². The summed E-state index contributed by atoms with van der Waals surface area (Å²) in [6.07, 6.45) is 3.01. The van der Waals surface area contributed by atoms with Crippen molar-refractivity contribution in [2.24, 2.45) is 0 Å². The van der Waals surface area contributed by atoms with Gasteiger partial charge in [-0.1, -0.05) is 11.8 Å². The summed E-state index contributed by atoms with van der Waals surface area (Å²) in [7, 11) is 0. The molecule has 0 unspecified atom stereocenters. The first kappa shape index (κ1) is 10.4. The predicted octanol–water partition coefficient (Wildman–Crippen LogP) is 1.19. The number of aromatic amines is 1. The molecule has 6 heteroatoms. The molecule has 2 aromatic heterocycles. The van der Waals surface area contributed by atoms with Gasteiger partial charge in [0.05, 0.1) is 0 Å². The minimum Gasteiger partial charge on any atom is -0.301 e. The molecule has 2 heterocycles. The third kappa shape index (κ3) is 2.46. The van der Waals surface area contributed by atoms with Gasteiger partial charge < -0.3 is 4.98 Å². The molecule has 0 aliphatic rings. The molecule has 0 saturated carbocycles. The Balaban J connectivity index is 2.21. The molecule has 0 aromatic carbocycles. The Hall–Kier alpha value is -2.13. The number of nitrogens with one attached hydrogen (secondary N) is 1. The molecule has 5 nitrogen and oxygen atoms in total. The average Bonchev–Trinajstić information content (AvgIpc) is 2.30. The van der Waals surface area contributed by atoms with Crippen LogP contribution in [0.3, 0.4) is 0 Å². The van der Waals surface area contributed by atoms with E-state index in [4.69, 9.17) is 5.26 Å². The highest BCUT2D eigenvalue weighted by atomic mass is 32.2. The van der Waals surface area contributed by atoms with Crippen LogP contribution in [0.5, 0.6) is 0 Å². The van der Waals surface area contributed by atoms with Crippen LogP contribution in [-0.4, -0.2) is 15.0 Å². The van der Waals surface area contributed by atoms with E-state index in [1.54, 1.807) is 18.3 Å². The smallest absolute Gasteiger partial charge is 0.251 e. The Labute approximate surface area is 95.2 Å². The molecule has 78 valence electrons. The van der Waals surface area contributed by atoms with Crippen molar-refractivity contribution in [1.82, 2.24) is 15.0 Å². The van der Waals surface area contributed by atoms with E-state index in [2.05, 4.69) is 15.0 Å². The standard InChI is InChI=1S/C10H6N4OS/c11-5-7-1-2-8(6-13-7)16-10-12-4-3-9(15)14-10/h1-4,6H,(H,12,14,15). The van der Waals surface area contributed by atoms with Gasteiger partial charge in [0.2, 0.25) is 0 Å². The third-order valence-corrected chi connectivity index (χ3v) is 2.59. The van der Waals surface area contributed by atoms with E-state index in [0.717, 1.165) is 4.90 Å². The minimum absolute atomic E-state index is 0.195. The number of aromatic nitrogens is 3. The molecular formula is C10H6N4OS. The normalized spacial score (nSPS) is 9.69. The Morgan fingerprint density at radius 2 is 2.19 bits per heavy atom. The Kier molecular flexibility index (Phi) is 2.98. The molecule has 0 atom stereocenters. The molecule has 1 N–H and O–H groups in total. The molecule has 16 heavy (non-hydrogen) atoms. The van der Waals surface area contributed by atoms with Crippen LogP contribution < -0.4 is 5.56 Å². The number of rotatable bonds is 2. The molecule has 0 aliphatic heterocycles. The van der Waals surface area contributed by atoms with Crippen molar-refractivity contribution in [3.63, 3.8) is 0 Å². The van der Waals surface area contributed by atoms with Gasteiger partial charge in [-0.15, -0.1) is 0 Å². The summed E-state index contributed by atoms with van der Waals surface area (Å²) in [6, 6.07) is 6.65. The van der Waals surface area contributed by atoms with Crippen LogP contribution in [0.15, 0.2) is 45.4 Å². The lowest BCUT2D eigenvalue weighted by molar-refractivity contribution is 0.936. The van der Waals surface area contributed by atoms with Gasteiger partial charge in [-0.3, -0.25) is 4.79 Å². The van der Waals surface area contributed by atoms with Crippen molar-refractivity contribution in [2.45, 2.75) is 10.1 Å². The zero-order valence-electron chi connectivity index (χ0n) is 8.04. The molecule has 2 aromatic rings. The maximum Gasteiger partial charge on any atom is 0.251 e. The number of H-pyrrole nitrogens is 1. The maximum atomic E-state index is 11.0. The van der Waals surface area contributed by atoms with Crippen LogP contribution in [0.25, 0.3) is 0 Å². The summed E-state index contributed by atoms with van der Waals surface area (Å²) < 4.78 is 0. The van der Waals surface area contributed by atoms with Crippen LogP contribution >= 0.6 is 11.8 Å². The summed E-state index contributed by atoms with van der Waals surface area (Å²) in [5.74, 6) is 0. The number of nitriles is 1. The summed E-state index contributed by atoms with van der Waals surface area (Å²) in [6.45, 7) is 0. The first-order valence-electron chi connectivity index (χ1n) is 4.37. The SMILES string of the molecule is N#Cc1ccc(Sc2nccc(=O)[nH]2)cn1. The molecular weight excluding hydrogens is 224 g/mol. The molecule has 0 fully saturated rings. The first-order chi connectivity index (χ1) is 7.78. The van der Waals surface area contributed by atoms with Gasteiger partial charge >= 0.3 is 0 Å². The van der Waals surface area contributed by atoms with E-state index in [1.165, 1.54) is 24.0 Å².